The fraction of sp³-hybridized carbons (Fsp3) is 0.118. The van der Waals surface area contributed by atoms with E-state index in [0.29, 0.717) is 22.2 Å². The summed E-state index contributed by atoms with van der Waals surface area (Å²) in [5.74, 6) is 0.952. The van der Waals surface area contributed by atoms with Gasteiger partial charge in [-0.25, -0.2) is 0 Å². The number of hydrogen-bond acceptors (Lipinski definition) is 3. The summed E-state index contributed by atoms with van der Waals surface area (Å²) in [6.45, 7) is 0. The number of methoxy groups -OCH3 is 2. The van der Waals surface area contributed by atoms with Gasteiger partial charge in [-0.15, -0.1) is 0 Å². The van der Waals surface area contributed by atoms with E-state index in [1.165, 1.54) is 6.08 Å². The molecule has 2 aromatic rings. The van der Waals surface area contributed by atoms with Gasteiger partial charge in [0.15, 0.2) is 11.5 Å². The molecule has 0 aliphatic heterocycles. The van der Waals surface area contributed by atoms with Crippen LogP contribution in [0, 0.1) is 0 Å². The first-order valence-electron chi connectivity index (χ1n) is 6.69. The van der Waals surface area contributed by atoms with Crippen LogP contribution in [0.3, 0.4) is 0 Å². The van der Waals surface area contributed by atoms with Crippen molar-refractivity contribution in [3.63, 3.8) is 0 Å². The lowest BCUT2D eigenvalue weighted by Gasteiger charge is -2.10. The highest BCUT2D eigenvalue weighted by Crippen LogP contribution is 2.36. The molecule has 0 saturated heterocycles. The van der Waals surface area contributed by atoms with Crippen LogP contribution < -0.4 is 14.8 Å². The van der Waals surface area contributed by atoms with Crippen molar-refractivity contribution in [1.29, 1.82) is 0 Å². The van der Waals surface area contributed by atoms with Gasteiger partial charge >= 0.3 is 0 Å². The van der Waals surface area contributed by atoms with Gasteiger partial charge in [0.1, 0.15) is 0 Å². The molecular formula is C17H15BrClNO3. The zero-order valence-electron chi connectivity index (χ0n) is 12.6. The molecular weight excluding hydrogens is 382 g/mol. The topological polar surface area (TPSA) is 47.6 Å². The highest BCUT2D eigenvalue weighted by Gasteiger charge is 2.09. The number of hydrogen-bond donors (Lipinski definition) is 1. The van der Waals surface area contributed by atoms with Gasteiger partial charge in [-0.2, -0.15) is 0 Å². The van der Waals surface area contributed by atoms with Crippen molar-refractivity contribution in [1.82, 2.24) is 0 Å². The van der Waals surface area contributed by atoms with Gasteiger partial charge in [-0.1, -0.05) is 11.6 Å². The fourth-order valence-corrected chi connectivity index (χ4v) is 2.67. The third-order valence-corrected chi connectivity index (χ3v) is 3.84. The number of carbonyl (C=O) groups excluding carboxylic acids is 1. The molecule has 0 spiro atoms. The van der Waals surface area contributed by atoms with Crippen LogP contribution >= 0.6 is 27.5 Å². The Morgan fingerprint density at radius 3 is 2.48 bits per heavy atom. The Kier molecular flexibility index (Phi) is 6.07. The quantitative estimate of drug-likeness (QED) is 0.741. The second-order valence-corrected chi connectivity index (χ2v) is 5.86. The van der Waals surface area contributed by atoms with E-state index in [4.69, 9.17) is 21.1 Å². The lowest BCUT2D eigenvalue weighted by molar-refractivity contribution is -0.111. The molecule has 0 heterocycles. The van der Waals surface area contributed by atoms with Crippen molar-refractivity contribution >= 4 is 45.2 Å². The van der Waals surface area contributed by atoms with Crippen LogP contribution in [0.25, 0.3) is 6.08 Å². The third-order valence-electron chi connectivity index (χ3n) is 2.99. The third kappa shape index (κ3) is 4.74. The zero-order chi connectivity index (χ0) is 16.8. The van der Waals surface area contributed by atoms with Gasteiger partial charge in [0.25, 0.3) is 0 Å². The molecule has 4 nitrogen and oxygen atoms in total. The summed E-state index contributed by atoms with van der Waals surface area (Å²) >= 11 is 9.22. The van der Waals surface area contributed by atoms with Gasteiger partial charge in [0.2, 0.25) is 5.91 Å². The number of carbonyl (C=O) groups is 1. The number of nitrogens with one attached hydrogen (secondary N) is 1. The molecule has 2 aromatic carbocycles. The molecule has 1 N–H and O–H groups in total. The van der Waals surface area contributed by atoms with Crippen LogP contribution in [0.15, 0.2) is 46.9 Å². The van der Waals surface area contributed by atoms with Gasteiger partial charge < -0.3 is 14.8 Å². The molecule has 0 aromatic heterocycles. The number of amides is 1. The fourth-order valence-electron chi connectivity index (χ4n) is 1.92. The van der Waals surface area contributed by atoms with Crippen LogP contribution in [-0.4, -0.2) is 20.1 Å². The minimum atomic E-state index is -0.238. The molecule has 2 rings (SSSR count). The standard InChI is InChI=1S/C17H15BrClNO3/c1-22-15-10-11(9-14(18)17(15)23-2)3-8-16(21)20-13-6-4-12(19)5-7-13/h3-10H,1-2H3,(H,20,21). The Bertz CT molecular complexity index is 729. The summed E-state index contributed by atoms with van der Waals surface area (Å²) in [4.78, 5) is 11.9. The summed E-state index contributed by atoms with van der Waals surface area (Å²) in [5.41, 5.74) is 1.48. The van der Waals surface area contributed by atoms with Crippen LogP contribution in [0.5, 0.6) is 11.5 Å². The van der Waals surface area contributed by atoms with Gasteiger partial charge in [-0.05, 0) is 64.0 Å². The first-order chi connectivity index (χ1) is 11.0. The lowest BCUT2D eigenvalue weighted by atomic mass is 10.2. The van der Waals surface area contributed by atoms with Crippen molar-refractivity contribution in [2.75, 3.05) is 19.5 Å². The molecule has 0 aliphatic rings. The maximum absolute atomic E-state index is 11.9. The summed E-state index contributed by atoms with van der Waals surface area (Å²) < 4.78 is 11.3. The minimum absolute atomic E-state index is 0.238. The Hall–Kier alpha value is -1.98. The Morgan fingerprint density at radius 2 is 1.87 bits per heavy atom. The van der Waals surface area contributed by atoms with E-state index in [0.717, 1.165) is 10.0 Å². The lowest BCUT2D eigenvalue weighted by Crippen LogP contribution is -2.07. The van der Waals surface area contributed by atoms with Crippen molar-refractivity contribution in [3.8, 4) is 11.5 Å². The van der Waals surface area contributed by atoms with Crippen LogP contribution in [-0.2, 0) is 4.79 Å². The van der Waals surface area contributed by atoms with Crippen molar-refractivity contribution in [2.24, 2.45) is 0 Å². The molecule has 6 heteroatoms. The number of ether oxygens (including phenoxy) is 2. The van der Waals surface area contributed by atoms with E-state index in [2.05, 4.69) is 21.2 Å². The smallest absolute Gasteiger partial charge is 0.248 e. The first-order valence-corrected chi connectivity index (χ1v) is 7.86. The Balaban J connectivity index is 2.11. The molecule has 0 radical (unpaired) electrons. The molecule has 0 fully saturated rings. The summed E-state index contributed by atoms with van der Waals surface area (Å²) in [6.07, 6.45) is 3.14. The Morgan fingerprint density at radius 1 is 1.17 bits per heavy atom. The first kappa shape index (κ1) is 17.4. The summed E-state index contributed by atoms with van der Waals surface area (Å²) in [7, 11) is 3.13. The minimum Gasteiger partial charge on any atom is -0.493 e. The van der Waals surface area contributed by atoms with E-state index in [-0.39, 0.29) is 5.91 Å². The maximum atomic E-state index is 11.9. The van der Waals surface area contributed by atoms with E-state index in [1.807, 2.05) is 6.07 Å². The van der Waals surface area contributed by atoms with E-state index < -0.39 is 0 Å². The van der Waals surface area contributed by atoms with E-state index >= 15 is 0 Å². The molecule has 23 heavy (non-hydrogen) atoms. The van der Waals surface area contributed by atoms with E-state index in [1.54, 1.807) is 50.6 Å². The normalized spacial score (nSPS) is 10.6. The average Bonchev–Trinajstić information content (AvgIpc) is 2.54. The number of benzene rings is 2. The predicted octanol–water partition coefficient (Wildman–Crippen LogP) is 4.77. The van der Waals surface area contributed by atoms with E-state index in [9.17, 15) is 4.79 Å². The molecule has 0 unspecified atom stereocenters. The number of halogens is 2. The van der Waals surface area contributed by atoms with Crippen LogP contribution in [0.1, 0.15) is 5.56 Å². The highest BCUT2D eigenvalue weighted by molar-refractivity contribution is 9.10. The average molecular weight is 397 g/mol. The second-order valence-electron chi connectivity index (χ2n) is 4.57. The molecule has 0 aliphatic carbocycles. The largest absolute Gasteiger partial charge is 0.493 e. The van der Waals surface area contributed by atoms with Crippen molar-refractivity contribution < 1.29 is 14.3 Å². The van der Waals surface area contributed by atoms with Gasteiger partial charge in [0.05, 0.1) is 18.7 Å². The number of rotatable bonds is 5. The monoisotopic (exact) mass is 395 g/mol. The summed E-state index contributed by atoms with van der Waals surface area (Å²) in [5, 5.41) is 3.37. The SMILES string of the molecule is COc1cc(C=CC(=O)Nc2ccc(Cl)cc2)cc(Br)c1OC. The van der Waals surface area contributed by atoms with Crippen molar-refractivity contribution in [3.05, 3.63) is 57.5 Å². The van der Waals surface area contributed by atoms with Crippen molar-refractivity contribution in [2.45, 2.75) is 0 Å². The number of anilines is 1. The summed E-state index contributed by atoms with van der Waals surface area (Å²) in [6, 6.07) is 10.5. The molecule has 120 valence electrons. The zero-order valence-corrected chi connectivity index (χ0v) is 14.9. The van der Waals surface area contributed by atoms with Crippen LogP contribution in [0.4, 0.5) is 5.69 Å². The molecule has 0 saturated carbocycles. The molecule has 0 bridgehead atoms. The van der Waals surface area contributed by atoms with Gasteiger partial charge in [-0.3, -0.25) is 4.79 Å². The molecule has 1 amide bonds. The predicted molar refractivity (Wildman–Crippen MR) is 96.4 cm³/mol. The Labute approximate surface area is 148 Å². The maximum Gasteiger partial charge on any atom is 0.248 e. The highest BCUT2D eigenvalue weighted by atomic mass is 79.9. The van der Waals surface area contributed by atoms with Crippen LogP contribution in [0.2, 0.25) is 5.02 Å². The molecule has 0 atom stereocenters. The van der Waals surface area contributed by atoms with Gasteiger partial charge in [0, 0.05) is 16.8 Å². The second kappa shape index (κ2) is 8.04.